The van der Waals surface area contributed by atoms with Gasteiger partial charge in [-0.2, -0.15) is 0 Å². The van der Waals surface area contributed by atoms with Crippen molar-refractivity contribution < 1.29 is 19.4 Å². The highest BCUT2D eigenvalue weighted by atomic mass is 16.5. The van der Waals surface area contributed by atoms with Gasteiger partial charge in [0.25, 0.3) is 0 Å². The van der Waals surface area contributed by atoms with Crippen LogP contribution in [-0.2, 0) is 9.53 Å². The number of ether oxygens (including phenoxy) is 1. The summed E-state index contributed by atoms with van der Waals surface area (Å²) in [6, 6.07) is -0.382. The standard InChI is InChI=1S/C14H28N2O4/c1-13(2,3)7-10(11(17)18)8-15-12(19)16-14(4,5)9-20-6/h10H,7-9H2,1-6H3,(H,17,18)(H2,15,16,19). The number of methoxy groups -OCH3 is 1. The summed E-state index contributed by atoms with van der Waals surface area (Å²) in [6.07, 6.45) is 0.504. The minimum Gasteiger partial charge on any atom is -0.481 e. The van der Waals surface area contributed by atoms with Crippen LogP contribution in [0.2, 0.25) is 0 Å². The van der Waals surface area contributed by atoms with E-state index >= 15 is 0 Å². The fraction of sp³-hybridized carbons (Fsp3) is 0.857. The molecule has 2 amide bonds. The smallest absolute Gasteiger partial charge is 0.315 e. The number of rotatable bonds is 7. The first-order valence-corrected chi connectivity index (χ1v) is 6.74. The summed E-state index contributed by atoms with van der Waals surface area (Å²) in [5.41, 5.74) is -0.599. The summed E-state index contributed by atoms with van der Waals surface area (Å²) in [5.74, 6) is -1.48. The second kappa shape index (κ2) is 7.47. The number of carbonyl (C=O) groups excluding carboxylic acids is 1. The Morgan fingerprint density at radius 2 is 1.75 bits per heavy atom. The molecule has 0 aromatic heterocycles. The van der Waals surface area contributed by atoms with E-state index in [0.717, 1.165) is 0 Å². The van der Waals surface area contributed by atoms with E-state index in [1.54, 1.807) is 7.11 Å². The second-order valence-corrected chi connectivity index (χ2v) is 6.95. The van der Waals surface area contributed by atoms with Crippen LogP contribution < -0.4 is 10.6 Å². The topological polar surface area (TPSA) is 87.7 Å². The number of aliphatic carboxylic acids is 1. The van der Waals surface area contributed by atoms with Crippen LogP contribution in [0, 0.1) is 11.3 Å². The van der Waals surface area contributed by atoms with Crippen molar-refractivity contribution in [2.45, 2.75) is 46.6 Å². The molecule has 0 spiro atoms. The van der Waals surface area contributed by atoms with Crippen LogP contribution >= 0.6 is 0 Å². The van der Waals surface area contributed by atoms with Crippen LogP contribution in [0.4, 0.5) is 4.79 Å². The molecule has 0 rings (SSSR count). The van der Waals surface area contributed by atoms with Crippen LogP contribution in [0.5, 0.6) is 0 Å². The fourth-order valence-corrected chi connectivity index (χ4v) is 1.95. The summed E-state index contributed by atoms with van der Waals surface area (Å²) in [4.78, 5) is 22.9. The molecule has 6 heteroatoms. The molecule has 20 heavy (non-hydrogen) atoms. The molecule has 6 nitrogen and oxygen atoms in total. The molecule has 0 aromatic carbocycles. The Morgan fingerprint density at radius 1 is 1.20 bits per heavy atom. The zero-order valence-electron chi connectivity index (χ0n) is 13.4. The SMILES string of the molecule is COCC(C)(C)NC(=O)NCC(CC(C)(C)C)C(=O)O. The Hall–Kier alpha value is -1.30. The number of urea groups is 1. The van der Waals surface area contributed by atoms with Crippen molar-refractivity contribution in [2.75, 3.05) is 20.3 Å². The predicted molar refractivity (Wildman–Crippen MR) is 77.7 cm³/mol. The molecule has 0 aliphatic rings. The summed E-state index contributed by atoms with van der Waals surface area (Å²) in [7, 11) is 1.56. The van der Waals surface area contributed by atoms with Gasteiger partial charge < -0.3 is 20.5 Å². The molecule has 0 aliphatic carbocycles. The Labute approximate surface area is 121 Å². The number of carboxylic acid groups (broad SMARTS) is 1. The molecule has 0 saturated carbocycles. The van der Waals surface area contributed by atoms with E-state index < -0.39 is 17.4 Å². The molecular formula is C14H28N2O4. The molecule has 1 atom stereocenters. The molecule has 0 bridgehead atoms. The number of carbonyl (C=O) groups is 2. The maximum absolute atomic E-state index is 11.8. The van der Waals surface area contributed by atoms with Gasteiger partial charge in [-0.05, 0) is 25.7 Å². The van der Waals surface area contributed by atoms with Crippen LogP contribution in [0.1, 0.15) is 41.0 Å². The summed E-state index contributed by atoms with van der Waals surface area (Å²) >= 11 is 0. The third-order valence-electron chi connectivity index (χ3n) is 2.67. The van der Waals surface area contributed by atoms with Gasteiger partial charge in [-0.3, -0.25) is 4.79 Å². The molecule has 0 aromatic rings. The highest BCUT2D eigenvalue weighted by molar-refractivity contribution is 5.76. The summed E-state index contributed by atoms with van der Waals surface area (Å²) < 4.78 is 5.00. The minimum absolute atomic E-state index is 0.101. The van der Waals surface area contributed by atoms with Gasteiger partial charge in [-0.25, -0.2) is 4.79 Å². The molecule has 0 saturated heterocycles. The van der Waals surface area contributed by atoms with Gasteiger partial charge in [0.05, 0.1) is 18.1 Å². The number of nitrogens with one attached hydrogen (secondary N) is 2. The van der Waals surface area contributed by atoms with Gasteiger partial charge >= 0.3 is 12.0 Å². The Kier molecular flexibility index (Phi) is 6.99. The Balaban J connectivity index is 4.35. The molecular weight excluding hydrogens is 260 g/mol. The Morgan fingerprint density at radius 3 is 2.15 bits per heavy atom. The lowest BCUT2D eigenvalue weighted by atomic mass is 9.84. The summed E-state index contributed by atoms with van der Waals surface area (Å²) in [6.45, 7) is 10.1. The first-order chi connectivity index (χ1) is 8.97. The van der Waals surface area contributed by atoms with Crippen molar-refractivity contribution in [3.63, 3.8) is 0 Å². The third-order valence-corrected chi connectivity index (χ3v) is 2.67. The zero-order valence-corrected chi connectivity index (χ0v) is 13.4. The molecule has 0 heterocycles. The number of carboxylic acids is 1. The van der Waals surface area contributed by atoms with Gasteiger partial charge in [-0.1, -0.05) is 20.8 Å². The molecule has 0 fully saturated rings. The highest BCUT2D eigenvalue weighted by Crippen LogP contribution is 2.24. The quantitative estimate of drug-likeness (QED) is 0.667. The van der Waals surface area contributed by atoms with E-state index in [1.165, 1.54) is 0 Å². The van der Waals surface area contributed by atoms with Gasteiger partial charge in [0.1, 0.15) is 0 Å². The number of amides is 2. The van der Waals surface area contributed by atoms with Gasteiger partial charge in [0.15, 0.2) is 0 Å². The van der Waals surface area contributed by atoms with Crippen LogP contribution in [0.3, 0.4) is 0 Å². The number of hydrogen-bond donors (Lipinski definition) is 3. The first-order valence-electron chi connectivity index (χ1n) is 6.74. The first kappa shape index (κ1) is 18.7. The maximum atomic E-state index is 11.8. The molecule has 118 valence electrons. The van der Waals surface area contributed by atoms with Crippen molar-refractivity contribution in [2.24, 2.45) is 11.3 Å². The Bertz CT molecular complexity index is 335. The van der Waals surface area contributed by atoms with Crippen LogP contribution in [0.25, 0.3) is 0 Å². The lowest BCUT2D eigenvalue weighted by Gasteiger charge is -2.27. The van der Waals surface area contributed by atoms with E-state index in [2.05, 4.69) is 10.6 Å². The van der Waals surface area contributed by atoms with Crippen molar-refractivity contribution in [3.05, 3.63) is 0 Å². The molecule has 0 aliphatic heterocycles. The summed E-state index contributed by atoms with van der Waals surface area (Å²) in [5, 5.41) is 14.5. The van der Waals surface area contributed by atoms with E-state index in [-0.39, 0.29) is 18.0 Å². The normalized spacial score (nSPS) is 13.7. The molecule has 1 unspecified atom stereocenters. The zero-order chi connectivity index (χ0) is 16.0. The van der Waals surface area contributed by atoms with Crippen molar-refractivity contribution in [1.29, 1.82) is 0 Å². The lowest BCUT2D eigenvalue weighted by Crippen LogP contribution is -2.52. The fourth-order valence-electron chi connectivity index (χ4n) is 1.95. The molecule has 3 N–H and O–H groups in total. The van der Waals surface area contributed by atoms with Gasteiger partial charge in [0, 0.05) is 13.7 Å². The average Bonchev–Trinajstić information content (AvgIpc) is 2.21. The van der Waals surface area contributed by atoms with E-state index in [9.17, 15) is 14.7 Å². The number of hydrogen-bond acceptors (Lipinski definition) is 3. The highest BCUT2D eigenvalue weighted by Gasteiger charge is 2.26. The lowest BCUT2D eigenvalue weighted by molar-refractivity contribution is -0.142. The van der Waals surface area contributed by atoms with Crippen molar-refractivity contribution in [1.82, 2.24) is 10.6 Å². The second-order valence-electron chi connectivity index (χ2n) is 6.95. The van der Waals surface area contributed by atoms with Crippen LogP contribution in [-0.4, -0.2) is 42.9 Å². The van der Waals surface area contributed by atoms with Crippen LogP contribution in [0.15, 0.2) is 0 Å². The maximum Gasteiger partial charge on any atom is 0.315 e. The van der Waals surface area contributed by atoms with Crippen molar-refractivity contribution >= 4 is 12.0 Å². The van der Waals surface area contributed by atoms with Gasteiger partial charge in [-0.15, -0.1) is 0 Å². The van der Waals surface area contributed by atoms with E-state index in [1.807, 2.05) is 34.6 Å². The predicted octanol–water partition coefficient (Wildman–Crippen LogP) is 1.85. The molecule has 0 radical (unpaired) electrons. The average molecular weight is 288 g/mol. The van der Waals surface area contributed by atoms with E-state index in [0.29, 0.717) is 13.0 Å². The van der Waals surface area contributed by atoms with E-state index in [4.69, 9.17) is 4.74 Å². The monoisotopic (exact) mass is 288 g/mol. The third kappa shape index (κ3) is 8.74. The van der Waals surface area contributed by atoms with Crippen molar-refractivity contribution in [3.8, 4) is 0 Å². The largest absolute Gasteiger partial charge is 0.481 e. The minimum atomic E-state index is -0.892. The van der Waals surface area contributed by atoms with Gasteiger partial charge in [0.2, 0.25) is 0 Å².